The van der Waals surface area contributed by atoms with Crippen molar-refractivity contribution >= 4 is 48.9 Å². The smallest absolute Gasteiger partial charge is 0.245 e. The van der Waals surface area contributed by atoms with Crippen LogP contribution in [-0.2, 0) is 16.6 Å². The first-order chi connectivity index (χ1) is 9.33. The van der Waals surface area contributed by atoms with Crippen molar-refractivity contribution in [2.75, 3.05) is 0 Å². The van der Waals surface area contributed by atoms with Gasteiger partial charge in [0.2, 0.25) is 10.0 Å². The van der Waals surface area contributed by atoms with Gasteiger partial charge in [0.25, 0.3) is 0 Å². The standard InChI is InChI=1S/C11H12BrClN2O3S2/c1-6(8-2-3-10(13)19-8)15-20(16,17)9-4-7(5-14)18-11(9)12/h2-4,6,15H,5,14H2,1H3. The van der Waals surface area contributed by atoms with Gasteiger partial charge in [-0.15, -0.1) is 11.3 Å². The van der Waals surface area contributed by atoms with E-state index in [1.807, 2.05) is 0 Å². The summed E-state index contributed by atoms with van der Waals surface area (Å²) in [5.74, 6) is 0.393. The SMILES string of the molecule is CC(NS(=O)(=O)c1cc(CN)oc1Br)c1ccc(Cl)s1. The zero-order valence-electron chi connectivity index (χ0n) is 10.4. The number of thiophene rings is 1. The van der Waals surface area contributed by atoms with Crippen molar-refractivity contribution in [3.05, 3.63) is 37.8 Å². The normalized spacial score (nSPS) is 13.6. The highest BCUT2D eigenvalue weighted by Gasteiger charge is 2.25. The highest BCUT2D eigenvalue weighted by Crippen LogP contribution is 2.30. The van der Waals surface area contributed by atoms with E-state index in [0.717, 1.165) is 4.88 Å². The number of furan rings is 1. The number of rotatable bonds is 5. The molecule has 1 atom stereocenters. The number of hydrogen-bond donors (Lipinski definition) is 2. The van der Waals surface area contributed by atoms with Gasteiger partial charge in [-0.3, -0.25) is 0 Å². The largest absolute Gasteiger partial charge is 0.452 e. The molecule has 0 aliphatic carbocycles. The predicted molar refractivity (Wildman–Crippen MR) is 82.4 cm³/mol. The Balaban J connectivity index is 2.24. The molecule has 0 aliphatic rings. The summed E-state index contributed by atoms with van der Waals surface area (Å²) in [5, 5.41) is 0. The Bertz CT molecular complexity index is 711. The zero-order valence-corrected chi connectivity index (χ0v) is 14.4. The Labute approximate surface area is 134 Å². The van der Waals surface area contributed by atoms with Crippen molar-refractivity contribution in [3.8, 4) is 0 Å². The maximum atomic E-state index is 12.3. The van der Waals surface area contributed by atoms with Crippen LogP contribution in [0.2, 0.25) is 4.34 Å². The van der Waals surface area contributed by atoms with Gasteiger partial charge in [-0.05, 0) is 35.0 Å². The minimum absolute atomic E-state index is 0.0347. The van der Waals surface area contributed by atoms with Crippen LogP contribution in [0.1, 0.15) is 23.6 Å². The van der Waals surface area contributed by atoms with E-state index in [2.05, 4.69) is 20.7 Å². The van der Waals surface area contributed by atoms with Crippen LogP contribution >= 0.6 is 38.9 Å². The molecule has 0 aliphatic heterocycles. The Morgan fingerprint density at radius 3 is 2.75 bits per heavy atom. The second kappa shape index (κ2) is 6.17. The second-order valence-corrected chi connectivity index (χ2v) is 8.19. The van der Waals surface area contributed by atoms with Crippen molar-refractivity contribution in [2.45, 2.75) is 24.4 Å². The molecule has 0 radical (unpaired) electrons. The third-order valence-corrected chi connectivity index (χ3v) is 6.36. The van der Waals surface area contributed by atoms with E-state index in [4.69, 9.17) is 21.8 Å². The lowest BCUT2D eigenvalue weighted by atomic mass is 10.3. The van der Waals surface area contributed by atoms with Gasteiger partial charge in [0, 0.05) is 10.9 Å². The van der Waals surface area contributed by atoms with Gasteiger partial charge in [0.1, 0.15) is 10.7 Å². The van der Waals surface area contributed by atoms with Crippen molar-refractivity contribution in [1.82, 2.24) is 4.72 Å². The van der Waals surface area contributed by atoms with Gasteiger partial charge in [0.15, 0.2) is 4.67 Å². The predicted octanol–water partition coefficient (Wildman–Crippen LogP) is 3.26. The summed E-state index contributed by atoms with van der Waals surface area (Å²) in [6.45, 7) is 1.88. The molecule has 2 aromatic rings. The van der Waals surface area contributed by atoms with Gasteiger partial charge in [-0.25, -0.2) is 13.1 Å². The molecule has 1 unspecified atom stereocenters. The molecule has 0 spiro atoms. The molecule has 2 heterocycles. The summed E-state index contributed by atoms with van der Waals surface area (Å²) in [6, 6.07) is 4.53. The van der Waals surface area contributed by atoms with Crippen molar-refractivity contribution in [1.29, 1.82) is 0 Å². The molecule has 20 heavy (non-hydrogen) atoms. The first-order valence-corrected chi connectivity index (χ1v) is 9.06. The van der Waals surface area contributed by atoms with Crippen LogP contribution in [0.25, 0.3) is 0 Å². The topological polar surface area (TPSA) is 85.3 Å². The van der Waals surface area contributed by atoms with Gasteiger partial charge >= 0.3 is 0 Å². The molecule has 2 aromatic heterocycles. The van der Waals surface area contributed by atoms with Crippen molar-refractivity contribution in [3.63, 3.8) is 0 Å². The highest BCUT2D eigenvalue weighted by molar-refractivity contribution is 9.10. The summed E-state index contributed by atoms with van der Waals surface area (Å²) in [5.41, 5.74) is 5.43. The molecule has 3 N–H and O–H groups in total. The number of halogens is 2. The first-order valence-electron chi connectivity index (χ1n) is 5.59. The minimum atomic E-state index is -3.70. The molecule has 0 saturated carbocycles. The quantitative estimate of drug-likeness (QED) is 0.808. The van der Waals surface area contributed by atoms with Crippen LogP contribution in [0.5, 0.6) is 0 Å². The van der Waals surface area contributed by atoms with Gasteiger partial charge in [-0.2, -0.15) is 0 Å². The van der Waals surface area contributed by atoms with Crippen molar-refractivity contribution in [2.24, 2.45) is 5.73 Å². The van der Waals surface area contributed by atoms with Crippen LogP contribution in [0.4, 0.5) is 0 Å². The number of nitrogens with two attached hydrogens (primary N) is 1. The second-order valence-electron chi connectivity index (χ2n) is 4.04. The van der Waals surface area contributed by atoms with Crippen LogP contribution in [-0.4, -0.2) is 8.42 Å². The fraction of sp³-hybridized carbons (Fsp3) is 0.273. The molecule has 9 heteroatoms. The van der Waals surface area contributed by atoms with E-state index < -0.39 is 10.0 Å². The van der Waals surface area contributed by atoms with Gasteiger partial charge in [-0.1, -0.05) is 11.6 Å². The molecule has 110 valence electrons. The van der Waals surface area contributed by atoms with Crippen LogP contribution < -0.4 is 10.5 Å². The molecular formula is C11H12BrClN2O3S2. The Morgan fingerprint density at radius 2 is 2.25 bits per heavy atom. The van der Waals surface area contributed by atoms with Crippen LogP contribution in [0.3, 0.4) is 0 Å². The average molecular weight is 400 g/mol. The summed E-state index contributed by atoms with van der Waals surface area (Å²) >= 11 is 10.3. The monoisotopic (exact) mass is 398 g/mol. The van der Waals surface area contributed by atoms with E-state index >= 15 is 0 Å². The summed E-state index contributed by atoms with van der Waals surface area (Å²) in [7, 11) is -3.70. The molecule has 0 bridgehead atoms. The summed E-state index contributed by atoms with van der Waals surface area (Å²) in [4.78, 5) is 0.865. The maximum Gasteiger partial charge on any atom is 0.245 e. The lowest BCUT2D eigenvalue weighted by Crippen LogP contribution is -2.26. The van der Waals surface area contributed by atoms with E-state index in [1.54, 1.807) is 19.1 Å². The molecule has 0 amide bonds. The molecule has 5 nitrogen and oxygen atoms in total. The van der Waals surface area contributed by atoms with Crippen molar-refractivity contribution < 1.29 is 12.8 Å². The van der Waals surface area contributed by atoms with E-state index in [-0.39, 0.29) is 22.2 Å². The van der Waals surface area contributed by atoms with Gasteiger partial charge < -0.3 is 10.2 Å². The number of nitrogens with one attached hydrogen (secondary N) is 1. The lowest BCUT2D eigenvalue weighted by molar-refractivity contribution is 0.483. The van der Waals surface area contributed by atoms with E-state index in [9.17, 15) is 8.42 Å². The number of sulfonamides is 1. The summed E-state index contributed by atoms with van der Waals surface area (Å²) < 4.78 is 33.1. The Kier molecular flexibility index (Phi) is 4.93. The molecule has 2 rings (SSSR count). The van der Waals surface area contributed by atoms with Crippen LogP contribution in [0, 0.1) is 0 Å². The third kappa shape index (κ3) is 3.44. The van der Waals surface area contributed by atoms with E-state index in [1.165, 1.54) is 17.4 Å². The fourth-order valence-corrected chi connectivity index (χ4v) is 4.96. The average Bonchev–Trinajstić information content (AvgIpc) is 2.95. The van der Waals surface area contributed by atoms with Gasteiger partial charge in [0.05, 0.1) is 16.9 Å². The fourth-order valence-electron chi connectivity index (χ4n) is 1.60. The number of hydrogen-bond acceptors (Lipinski definition) is 5. The molecule has 0 fully saturated rings. The minimum Gasteiger partial charge on any atom is -0.452 e. The molecule has 0 saturated heterocycles. The maximum absolute atomic E-state index is 12.3. The first kappa shape index (κ1) is 16.0. The zero-order chi connectivity index (χ0) is 14.9. The Hall–Kier alpha value is -0.380. The van der Waals surface area contributed by atoms with E-state index in [0.29, 0.717) is 10.1 Å². The molecule has 0 aromatic carbocycles. The van der Waals surface area contributed by atoms with Crippen LogP contribution in [0.15, 0.2) is 32.2 Å². The summed E-state index contributed by atoms with van der Waals surface area (Å²) in [6.07, 6.45) is 0. The Morgan fingerprint density at radius 1 is 1.55 bits per heavy atom. The molecular weight excluding hydrogens is 388 g/mol. The third-order valence-electron chi connectivity index (χ3n) is 2.55. The highest BCUT2D eigenvalue weighted by atomic mass is 79.9. The lowest BCUT2D eigenvalue weighted by Gasteiger charge is -2.11.